The van der Waals surface area contributed by atoms with Gasteiger partial charge in [0.2, 0.25) is 0 Å². The third kappa shape index (κ3) is 1.87. The number of fused-ring (bicyclic) bond motifs is 1. The van der Waals surface area contributed by atoms with E-state index >= 15 is 0 Å². The number of halogens is 1. The van der Waals surface area contributed by atoms with E-state index in [1.807, 2.05) is 19.1 Å². The first-order chi connectivity index (χ1) is 9.22. The first kappa shape index (κ1) is 12.1. The molecule has 1 aliphatic carbocycles. The van der Waals surface area contributed by atoms with E-state index in [9.17, 15) is 9.50 Å². The lowest BCUT2D eigenvalue weighted by atomic mass is 10.0. The van der Waals surface area contributed by atoms with Gasteiger partial charge in [-0.2, -0.15) is 0 Å². The number of allylic oxidation sites excluding steroid dienone is 4. The summed E-state index contributed by atoms with van der Waals surface area (Å²) in [5, 5.41) is 9.20. The Labute approximate surface area is 111 Å². The zero-order chi connectivity index (χ0) is 13.4. The van der Waals surface area contributed by atoms with Gasteiger partial charge in [-0.05, 0) is 59.9 Å². The van der Waals surface area contributed by atoms with E-state index in [1.54, 1.807) is 18.3 Å². The Morgan fingerprint density at radius 2 is 2.11 bits per heavy atom. The Morgan fingerprint density at radius 3 is 2.79 bits per heavy atom. The quantitative estimate of drug-likeness (QED) is 0.863. The van der Waals surface area contributed by atoms with Crippen LogP contribution in [-0.4, -0.2) is 17.9 Å². The van der Waals surface area contributed by atoms with Crippen molar-refractivity contribution >= 4 is 17.4 Å². The van der Waals surface area contributed by atoms with Gasteiger partial charge in [0.25, 0.3) is 0 Å². The molecule has 0 aromatic heterocycles. The lowest BCUT2D eigenvalue weighted by molar-refractivity contribution is 0.305. The van der Waals surface area contributed by atoms with E-state index in [0.29, 0.717) is 6.42 Å². The van der Waals surface area contributed by atoms with E-state index in [2.05, 4.69) is 4.99 Å². The number of aliphatic hydroxyl groups excluding tert-OH is 1. The summed E-state index contributed by atoms with van der Waals surface area (Å²) < 4.78 is 13.5. The first-order valence-corrected chi connectivity index (χ1v) is 6.28. The summed E-state index contributed by atoms with van der Waals surface area (Å²) in [5.41, 5.74) is 5.91. The van der Waals surface area contributed by atoms with Crippen molar-refractivity contribution in [1.29, 1.82) is 0 Å². The highest BCUT2D eigenvalue weighted by atomic mass is 19.1. The SMILES string of the molecule is CC1=C(CCO)c2cc(F)ccc2/C1=C1/C=CC=N1. The lowest BCUT2D eigenvalue weighted by Gasteiger charge is -2.05. The minimum absolute atomic E-state index is 0.0599. The zero-order valence-electron chi connectivity index (χ0n) is 10.7. The highest BCUT2D eigenvalue weighted by molar-refractivity contribution is 6.02. The Morgan fingerprint density at radius 1 is 1.26 bits per heavy atom. The largest absolute Gasteiger partial charge is 0.396 e. The Hall–Kier alpha value is -2.00. The number of aliphatic hydroxyl groups is 1. The molecule has 96 valence electrons. The van der Waals surface area contributed by atoms with Gasteiger partial charge in [0, 0.05) is 18.4 Å². The maximum absolute atomic E-state index is 13.5. The topological polar surface area (TPSA) is 32.6 Å². The van der Waals surface area contributed by atoms with Crippen molar-refractivity contribution in [3.8, 4) is 0 Å². The third-order valence-electron chi connectivity index (χ3n) is 3.58. The van der Waals surface area contributed by atoms with Crippen molar-refractivity contribution in [3.05, 3.63) is 58.6 Å². The number of nitrogens with zero attached hydrogens (tertiary/aromatic N) is 1. The van der Waals surface area contributed by atoms with E-state index in [0.717, 1.165) is 33.5 Å². The van der Waals surface area contributed by atoms with Crippen LogP contribution in [-0.2, 0) is 0 Å². The predicted molar refractivity (Wildman–Crippen MR) is 75.2 cm³/mol. The van der Waals surface area contributed by atoms with Crippen molar-refractivity contribution in [2.24, 2.45) is 4.99 Å². The van der Waals surface area contributed by atoms with Gasteiger partial charge in [-0.3, -0.25) is 4.99 Å². The molecule has 0 amide bonds. The van der Waals surface area contributed by atoms with Crippen LogP contribution in [0.1, 0.15) is 24.5 Å². The number of hydrogen-bond donors (Lipinski definition) is 1. The van der Waals surface area contributed by atoms with Gasteiger partial charge in [0.1, 0.15) is 5.82 Å². The summed E-state index contributed by atoms with van der Waals surface area (Å²) in [6, 6.07) is 4.80. The molecule has 0 unspecified atom stereocenters. The molecule has 0 saturated carbocycles. The Balaban J connectivity index is 2.26. The molecule has 0 radical (unpaired) electrons. The van der Waals surface area contributed by atoms with Crippen LogP contribution in [0.2, 0.25) is 0 Å². The van der Waals surface area contributed by atoms with E-state index in [1.165, 1.54) is 6.07 Å². The van der Waals surface area contributed by atoms with Gasteiger partial charge in [-0.15, -0.1) is 0 Å². The Bertz CT molecular complexity index is 651. The fraction of sp³-hybridized carbons (Fsp3) is 0.188. The molecule has 1 N–H and O–H groups in total. The summed E-state index contributed by atoms with van der Waals surface area (Å²) in [5.74, 6) is -0.251. The maximum atomic E-state index is 13.5. The highest BCUT2D eigenvalue weighted by Gasteiger charge is 2.26. The average molecular weight is 255 g/mol. The van der Waals surface area contributed by atoms with Crippen LogP contribution in [0.4, 0.5) is 4.39 Å². The van der Waals surface area contributed by atoms with Crippen molar-refractivity contribution in [2.45, 2.75) is 13.3 Å². The molecular weight excluding hydrogens is 241 g/mol. The monoisotopic (exact) mass is 255 g/mol. The minimum Gasteiger partial charge on any atom is -0.396 e. The van der Waals surface area contributed by atoms with Crippen LogP contribution >= 0.6 is 0 Å². The lowest BCUT2D eigenvalue weighted by Crippen LogP contribution is -1.90. The van der Waals surface area contributed by atoms with Crippen LogP contribution < -0.4 is 0 Å². The Kier molecular flexibility index (Phi) is 2.91. The smallest absolute Gasteiger partial charge is 0.123 e. The standard InChI is InChI=1S/C16H14FNO/c1-10-12(6-8-19)14-9-11(17)4-5-13(14)16(10)15-3-2-7-18-15/h2-5,7,9,19H,6,8H2,1H3/b16-15-. The fourth-order valence-corrected chi connectivity index (χ4v) is 2.75. The predicted octanol–water partition coefficient (Wildman–Crippen LogP) is 3.35. The summed E-state index contributed by atoms with van der Waals surface area (Å²) in [7, 11) is 0. The second-order valence-corrected chi connectivity index (χ2v) is 4.66. The number of rotatable bonds is 2. The minimum atomic E-state index is -0.251. The molecule has 1 aromatic carbocycles. The summed E-state index contributed by atoms with van der Waals surface area (Å²) >= 11 is 0. The van der Waals surface area contributed by atoms with E-state index in [-0.39, 0.29) is 12.4 Å². The van der Waals surface area contributed by atoms with Crippen LogP contribution in [0, 0.1) is 5.82 Å². The molecule has 0 fully saturated rings. The fourth-order valence-electron chi connectivity index (χ4n) is 2.75. The van der Waals surface area contributed by atoms with Gasteiger partial charge >= 0.3 is 0 Å². The molecule has 1 aliphatic heterocycles. The normalized spacial score (nSPS) is 20.6. The summed E-state index contributed by atoms with van der Waals surface area (Å²) in [6.45, 7) is 2.07. The molecule has 1 heterocycles. The molecule has 0 spiro atoms. The first-order valence-electron chi connectivity index (χ1n) is 6.28. The molecule has 3 heteroatoms. The molecular formula is C16H14FNO. The van der Waals surface area contributed by atoms with Gasteiger partial charge in [0.15, 0.2) is 0 Å². The summed E-state index contributed by atoms with van der Waals surface area (Å²) in [6.07, 6.45) is 6.13. The zero-order valence-corrected chi connectivity index (χ0v) is 10.7. The van der Waals surface area contributed by atoms with Crippen LogP contribution in [0.15, 0.2) is 46.6 Å². The van der Waals surface area contributed by atoms with Crippen molar-refractivity contribution < 1.29 is 9.50 Å². The van der Waals surface area contributed by atoms with Crippen LogP contribution in [0.3, 0.4) is 0 Å². The summed E-state index contributed by atoms with van der Waals surface area (Å²) in [4.78, 5) is 4.34. The number of hydrogen-bond acceptors (Lipinski definition) is 2. The molecule has 0 saturated heterocycles. The third-order valence-corrected chi connectivity index (χ3v) is 3.58. The van der Waals surface area contributed by atoms with Crippen LogP contribution in [0.25, 0.3) is 11.1 Å². The van der Waals surface area contributed by atoms with E-state index in [4.69, 9.17) is 0 Å². The molecule has 0 bridgehead atoms. The van der Waals surface area contributed by atoms with Gasteiger partial charge in [0.05, 0.1) is 5.70 Å². The van der Waals surface area contributed by atoms with Crippen LogP contribution in [0.5, 0.6) is 0 Å². The average Bonchev–Trinajstić information content (AvgIpc) is 2.98. The van der Waals surface area contributed by atoms with Crippen molar-refractivity contribution in [2.75, 3.05) is 6.61 Å². The molecule has 3 rings (SSSR count). The van der Waals surface area contributed by atoms with E-state index < -0.39 is 0 Å². The molecule has 0 atom stereocenters. The molecule has 2 aliphatic rings. The number of aliphatic imine (C=N–C) groups is 1. The van der Waals surface area contributed by atoms with Crippen molar-refractivity contribution in [3.63, 3.8) is 0 Å². The van der Waals surface area contributed by atoms with Gasteiger partial charge < -0.3 is 5.11 Å². The molecule has 2 nitrogen and oxygen atoms in total. The maximum Gasteiger partial charge on any atom is 0.123 e. The molecule has 19 heavy (non-hydrogen) atoms. The second-order valence-electron chi connectivity index (χ2n) is 4.66. The number of benzene rings is 1. The van der Waals surface area contributed by atoms with Gasteiger partial charge in [-0.25, -0.2) is 4.39 Å². The second kappa shape index (κ2) is 4.59. The molecule has 1 aromatic rings. The van der Waals surface area contributed by atoms with Crippen molar-refractivity contribution in [1.82, 2.24) is 0 Å². The van der Waals surface area contributed by atoms with Gasteiger partial charge in [-0.1, -0.05) is 6.07 Å². The highest BCUT2D eigenvalue weighted by Crippen LogP contribution is 2.45.